The first-order chi connectivity index (χ1) is 12.5. The van der Waals surface area contributed by atoms with Crippen LogP contribution < -0.4 is 10.1 Å². The van der Waals surface area contributed by atoms with Gasteiger partial charge in [-0.3, -0.25) is 4.79 Å². The number of carbonyl (C=O) groups is 1. The summed E-state index contributed by atoms with van der Waals surface area (Å²) in [6.45, 7) is 6.46. The Kier molecular flexibility index (Phi) is 5.99. The second-order valence-corrected chi connectivity index (χ2v) is 7.47. The number of halogens is 1. The van der Waals surface area contributed by atoms with E-state index in [1.54, 1.807) is 0 Å². The van der Waals surface area contributed by atoms with Gasteiger partial charge in [-0.1, -0.05) is 35.0 Å². The monoisotopic (exact) mass is 416 g/mol. The molecule has 3 rings (SSSR count). The van der Waals surface area contributed by atoms with Crippen LogP contribution in [0.3, 0.4) is 0 Å². The molecule has 0 unspecified atom stereocenters. The lowest BCUT2D eigenvalue weighted by Crippen LogP contribution is -2.27. The minimum absolute atomic E-state index is 0.135. The molecule has 5 heteroatoms. The van der Waals surface area contributed by atoms with Gasteiger partial charge in [0.1, 0.15) is 5.75 Å². The molecule has 0 fully saturated rings. The van der Waals surface area contributed by atoms with Gasteiger partial charge < -0.3 is 15.0 Å². The Morgan fingerprint density at radius 1 is 1.31 bits per heavy atom. The fourth-order valence-corrected chi connectivity index (χ4v) is 4.00. The Balaban J connectivity index is 1.92. The molecule has 0 atom stereocenters. The van der Waals surface area contributed by atoms with Gasteiger partial charge in [0.25, 0.3) is 5.91 Å². The summed E-state index contributed by atoms with van der Waals surface area (Å²) in [6.07, 6.45) is 1.82. The Bertz CT molecular complexity index is 820. The minimum atomic E-state index is -0.135. The molecule has 4 nitrogen and oxygen atoms in total. The molecule has 1 aliphatic heterocycles. The van der Waals surface area contributed by atoms with E-state index in [4.69, 9.17) is 4.74 Å². The van der Waals surface area contributed by atoms with Gasteiger partial charge in [-0.15, -0.1) is 0 Å². The van der Waals surface area contributed by atoms with Crippen molar-refractivity contribution in [3.63, 3.8) is 0 Å². The number of ether oxygens (including phenoxy) is 1. The molecule has 0 bridgehead atoms. The zero-order valence-corrected chi connectivity index (χ0v) is 17.1. The van der Waals surface area contributed by atoms with Crippen molar-refractivity contribution in [2.75, 3.05) is 25.5 Å². The summed E-state index contributed by atoms with van der Waals surface area (Å²) in [5.74, 6) is 0.499. The first kappa shape index (κ1) is 18.9. The van der Waals surface area contributed by atoms with Crippen LogP contribution in [-0.4, -0.2) is 31.0 Å². The fourth-order valence-electron chi connectivity index (χ4n) is 3.38. The number of nitrogens with zero attached hydrogens (tertiary/aromatic N) is 1. The van der Waals surface area contributed by atoms with E-state index in [1.807, 2.05) is 31.2 Å². The molecular weight excluding hydrogens is 392 g/mol. The molecule has 1 N–H and O–H groups in total. The summed E-state index contributed by atoms with van der Waals surface area (Å²) in [7, 11) is 2.12. The van der Waals surface area contributed by atoms with Gasteiger partial charge in [0, 0.05) is 23.2 Å². The van der Waals surface area contributed by atoms with Gasteiger partial charge >= 0.3 is 0 Å². The lowest BCUT2D eigenvalue weighted by molar-refractivity contribution is 0.102. The smallest absolute Gasteiger partial charge is 0.259 e. The van der Waals surface area contributed by atoms with Crippen LogP contribution in [0, 0.1) is 0 Å². The Hall–Kier alpha value is -1.85. The second kappa shape index (κ2) is 8.23. The molecule has 138 valence electrons. The van der Waals surface area contributed by atoms with E-state index in [1.165, 1.54) is 11.1 Å². The molecular formula is C21H25BrN2O2. The molecule has 0 saturated carbocycles. The van der Waals surface area contributed by atoms with Crippen molar-refractivity contribution in [3.05, 3.63) is 57.1 Å². The molecule has 1 aliphatic rings. The highest BCUT2D eigenvalue weighted by Crippen LogP contribution is 2.30. The fraction of sp³-hybridized carbons (Fsp3) is 0.381. The summed E-state index contributed by atoms with van der Waals surface area (Å²) in [5, 5.41) is 3.11. The molecule has 2 aromatic carbocycles. The van der Waals surface area contributed by atoms with Crippen molar-refractivity contribution in [1.82, 2.24) is 4.90 Å². The summed E-state index contributed by atoms with van der Waals surface area (Å²) < 4.78 is 6.67. The number of rotatable bonds is 5. The number of fused-ring (bicyclic) bond motifs is 1. The van der Waals surface area contributed by atoms with E-state index < -0.39 is 0 Å². The lowest BCUT2D eigenvalue weighted by atomic mass is 9.98. The number of hydrogen-bond acceptors (Lipinski definition) is 3. The van der Waals surface area contributed by atoms with Gasteiger partial charge in [-0.2, -0.15) is 0 Å². The van der Waals surface area contributed by atoms with E-state index >= 15 is 0 Å². The highest BCUT2D eigenvalue weighted by molar-refractivity contribution is 9.10. The standard InChI is InChI=1S/C21H25BrN2O2/c1-4-14-11-20(26-5-2)17(12-18(14)22)21(25)23-19-8-6-7-15-13-24(3)10-9-16(15)19/h6-8,11-12H,4-5,9-10,13H2,1-3H3,(H,23,25). The number of hydrogen-bond donors (Lipinski definition) is 1. The number of benzene rings is 2. The lowest BCUT2D eigenvalue weighted by Gasteiger charge is -2.27. The molecule has 0 aliphatic carbocycles. The van der Waals surface area contributed by atoms with E-state index in [9.17, 15) is 4.79 Å². The topological polar surface area (TPSA) is 41.6 Å². The van der Waals surface area contributed by atoms with E-state index in [-0.39, 0.29) is 5.91 Å². The van der Waals surface area contributed by atoms with Crippen LogP contribution in [0.15, 0.2) is 34.8 Å². The van der Waals surface area contributed by atoms with E-state index in [2.05, 4.69) is 46.2 Å². The third kappa shape index (κ3) is 3.94. The quantitative estimate of drug-likeness (QED) is 0.770. The highest BCUT2D eigenvalue weighted by atomic mass is 79.9. The molecule has 0 spiro atoms. The zero-order chi connectivity index (χ0) is 18.7. The third-order valence-electron chi connectivity index (χ3n) is 4.78. The second-order valence-electron chi connectivity index (χ2n) is 6.61. The average molecular weight is 417 g/mol. The van der Waals surface area contributed by atoms with Gasteiger partial charge in [-0.05, 0) is 61.7 Å². The average Bonchev–Trinajstić information content (AvgIpc) is 2.62. The van der Waals surface area contributed by atoms with Crippen LogP contribution >= 0.6 is 15.9 Å². The Morgan fingerprint density at radius 2 is 2.12 bits per heavy atom. The first-order valence-electron chi connectivity index (χ1n) is 9.09. The highest BCUT2D eigenvalue weighted by Gasteiger charge is 2.20. The predicted molar refractivity (Wildman–Crippen MR) is 109 cm³/mol. The zero-order valence-electron chi connectivity index (χ0n) is 15.6. The minimum Gasteiger partial charge on any atom is -0.493 e. The molecule has 1 heterocycles. The normalized spacial score (nSPS) is 14.0. The van der Waals surface area contributed by atoms with Crippen LogP contribution in [0.25, 0.3) is 0 Å². The number of likely N-dealkylation sites (N-methyl/N-ethyl adjacent to an activating group) is 1. The van der Waals surface area contributed by atoms with Crippen molar-refractivity contribution in [1.29, 1.82) is 0 Å². The number of amides is 1. The predicted octanol–water partition coefficient (Wildman–Crippen LogP) is 4.65. The Labute approximate surface area is 163 Å². The Morgan fingerprint density at radius 3 is 2.85 bits per heavy atom. The molecule has 2 aromatic rings. The van der Waals surface area contributed by atoms with Crippen molar-refractivity contribution < 1.29 is 9.53 Å². The number of anilines is 1. The van der Waals surface area contributed by atoms with E-state index in [0.29, 0.717) is 17.9 Å². The summed E-state index contributed by atoms with van der Waals surface area (Å²) in [4.78, 5) is 15.3. The third-order valence-corrected chi connectivity index (χ3v) is 5.52. The van der Waals surface area contributed by atoms with E-state index in [0.717, 1.165) is 41.7 Å². The van der Waals surface area contributed by atoms with Crippen LogP contribution in [0.2, 0.25) is 0 Å². The molecule has 0 saturated heterocycles. The first-order valence-corrected chi connectivity index (χ1v) is 9.88. The van der Waals surface area contributed by atoms with Crippen molar-refractivity contribution >= 4 is 27.5 Å². The molecule has 26 heavy (non-hydrogen) atoms. The van der Waals surface area contributed by atoms with Crippen molar-refractivity contribution in [3.8, 4) is 5.75 Å². The maximum absolute atomic E-state index is 13.0. The van der Waals surface area contributed by atoms with Crippen molar-refractivity contribution in [2.45, 2.75) is 33.2 Å². The molecule has 0 aromatic heterocycles. The summed E-state index contributed by atoms with van der Waals surface area (Å²) >= 11 is 3.57. The number of nitrogens with one attached hydrogen (secondary N) is 1. The number of carbonyl (C=O) groups excluding carboxylic acids is 1. The van der Waals surface area contributed by atoms with Gasteiger partial charge in [0.2, 0.25) is 0 Å². The van der Waals surface area contributed by atoms with Gasteiger partial charge in [0.15, 0.2) is 0 Å². The molecule has 1 amide bonds. The van der Waals surface area contributed by atoms with Crippen LogP contribution in [0.5, 0.6) is 5.75 Å². The maximum atomic E-state index is 13.0. The number of aryl methyl sites for hydroxylation is 1. The summed E-state index contributed by atoms with van der Waals surface area (Å²) in [5.41, 5.74) is 5.11. The molecule has 0 radical (unpaired) electrons. The van der Waals surface area contributed by atoms with Crippen LogP contribution in [0.1, 0.15) is 40.9 Å². The SMILES string of the molecule is CCOc1cc(CC)c(Br)cc1C(=O)Nc1cccc2c1CCN(C)C2. The van der Waals surface area contributed by atoms with Gasteiger partial charge in [-0.25, -0.2) is 0 Å². The van der Waals surface area contributed by atoms with Crippen molar-refractivity contribution in [2.24, 2.45) is 0 Å². The largest absolute Gasteiger partial charge is 0.493 e. The van der Waals surface area contributed by atoms with Gasteiger partial charge in [0.05, 0.1) is 12.2 Å². The summed E-state index contributed by atoms with van der Waals surface area (Å²) in [6, 6.07) is 9.95. The maximum Gasteiger partial charge on any atom is 0.259 e. The van der Waals surface area contributed by atoms with Crippen LogP contribution in [0.4, 0.5) is 5.69 Å². The van der Waals surface area contributed by atoms with Crippen LogP contribution in [-0.2, 0) is 19.4 Å².